The summed E-state index contributed by atoms with van der Waals surface area (Å²) in [5, 5.41) is 15.6. The SMILES string of the molecule is O=Cc1sccc1-c1cscc1[N+](=O)[O-]. The van der Waals surface area contributed by atoms with Gasteiger partial charge in [-0.25, -0.2) is 0 Å². The lowest BCUT2D eigenvalue weighted by atomic mass is 10.1. The van der Waals surface area contributed by atoms with E-state index in [0.29, 0.717) is 16.0 Å². The van der Waals surface area contributed by atoms with Gasteiger partial charge in [-0.15, -0.1) is 22.7 Å². The largest absolute Gasteiger partial charge is 0.297 e. The van der Waals surface area contributed by atoms with E-state index >= 15 is 0 Å². The number of nitro groups is 1. The lowest BCUT2D eigenvalue weighted by Crippen LogP contribution is -1.88. The van der Waals surface area contributed by atoms with Gasteiger partial charge in [0.2, 0.25) is 0 Å². The number of carbonyl (C=O) groups is 1. The van der Waals surface area contributed by atoms with Crippen molar-refractivity contribution in [2.45, 2.75) is 0 Å². The van der Waals surface area contributed by atoms with Gasteiger partial charge in [-0.2, -0.15) is 0 Å². The Bertz CT molecular complexity index is 515. The first-order valence-corrected chi connectivity index (χ1v) is 5.80. The maximum atomic E-state index is 10.7. The number of aldehydes is 1. The van der Waals surface area contributed by atoms with Gasteiger partial charge in [0.05, 0.1) is 20.7 Å². The zero-order valence-electron chi connectivity index (χ0n) is 7.38. The second kappa shape index (κ2) is 3.92. The van der Waals surface area contributed by atoms with E-state index < -0.39 is 4.92 Å². The van der Waals surface area contributed by atoms with Gasteiger partial charge < -0.3 is 0 Å². The topological polar surface area (TPSA) is 60.2 Å². The molecule has 0 spiro atoms. The molecule has 0 aromatic carbocycles. The van der Waals surface area contributed by atoms with Gasteiger partial charge in [0.15, 0.2) is 6.29 Å². The second-order valence-corrected chi connectivity index (χ2v) is 4.44. The van der Waals surface area contributed by atoms with Crippen molar-refractivity contribution in [3.63, 3.8) is 0 Å². The number of rotatable bonds is 3. The van der Waals surface area contributed by atoms with E-state index in [9.17, 15) is 14.9 Å². The monoisotopic (exact) mass is 239 g/mol. The van der Waals surface area contributed by atoms with Crippen LogP contribution in [0.1, 0.15) is 9.67 Å². The first-order chi connectivity index (χ1) is 7.24. The van der Waals surface area contributed by atoms with Crippen molar-refractivity contribution >= 4 is 34.6 Å². The van der Waals surface area contributed by atoms with Crippen LogP contribution in [0.15, 0.2) is 22.2 Å². The molecule has 76 valence electrons. The van der Waals surface area contributed by atoms with E-state index in [2.05, 4.69) is 0 Å². The molecule has 0 saturated heterocycles. The maximum Gasteiger partial charge on any atom is 0.287 e. The lowest BCUT2D eigenvalue weighted by molar-refractivity contribution is -0.383. The molecule has 0 radical (unpaired) electrons. The highest BCUT2D eigenvalue weighted by Gasteiger charge is 2.19. The molecule has 2 heterocycles. The van der Waals surface area contributed by atoms with E-state index in [1.165, 1.54) is 28.1 Å². The first-order valence-electron chi connectivity index (χ1n) is 3.97. The maximum absolute atomic E-state index is 10.7. The fourth-order valence-corrected chi connectivity index (χ4v) is 2.77. The molecule has 0 amide bonds. The first kappa shape index (κ1) is 10.0. The molecule has 0 saturated carbocycles. The molecular formula is C9H5NO3S2. The van der Waals surface area contributed by atoms with Crippen molar-refractivity contribution in [1.82, 2.24) is 0 Å². The van der Waals surface area contributed by atoms with Crippen LogP contribution in [0.3, 0.4) is 0 Å². The van der Waals surface area contributed by atoms with Gasteiger partial charge >= 0.3 is 0 Å². The molecule has 6 heteroatoms. The molecule has 0 aliphatic heterocycles. The van der Waals surface area contributed by atoms with Crippen LogP contribution < -0.4 is 0 Å². The fourth-order valence-electron chi connectivity index (χ4n) is 1.27. The van der Waals surface area contributed by atoms with E-state index in [4.69, 9.17) is 0 Å². The Morgan fingerprint density at radius 3 is 2.80 bits per heavy atom. The Morgan fingerprint density at radius 2 is 2.13 bits per heavy atom. The van der Waals surface area contributed by atoms with Crippen LogP contribution in [-0.4, -0.2) is 11.2 Å². The average Bonchev–Trinajstić information content (AvgIpc) is 2.85. The molecule has 2 rings (SSSR count). The fraction of sp³-hybridized carbons (Fsp3) is 0. The normalized spacial score (nSPS) is 10.1. The van der Waals surface area contributed by atoms with E-state index in [-0.39, 0.29) is 5.69 Å². The van der Waals surface area contributed by atoms with Gasteiger partial charge in [0, 0.05) is 10.9 Å². The predicted octanol–water partition coefficient (Wildman–Crippen LogP) is 3.20. The standard InChI is InChI=1S/C9H5NO3S2/c11-3-9-6(1-2-15-9)7-4-14-5-8(7)10(12)13/h1-5H. The summed E-state index contributed by atoms with van der Waals surface area (Å²) in [5.41, 5.74) is 1.22. The summed E-state index contributed by atoms with van der Waals surface area (Å²) < 4.78 is 0. The third-order valence-electron chi connectivity index (χ3n) is 1.93. The summed E-state index contributed by atoms with van der Waals surface area (Å²) in [6.07, 6.45) is 0.724. The van der Waals surface area contributed by atoms with Crippen molar-refractivity contribution in [1.29, 1.82) is 0 Å². The Labute approximate surface area is 92.9 Å². The molecule has 0 N–H and O–H groups in total. The number of hydrogen-bond donors (Lipinski definition) is 0. The summed E-state index contributed by atoms with van der Waals surface area (Å²) in [6.45, 7) is 0. The van der Waals surface area contributed by atoms with Crippen molar-refractivity contribution < 1.29 is 9.72 Å². The minimum atomic E-state index is -0.432. The Balaban J connectivity index is 2.58. The Morgan fingerprint density at radius 1 is 1.33 bits per heavy atom. The lowest BCUT2D eigenvalue weighted by Gasteiger charge is -1.94. The third kappa shape index (κ3) is 1.69. The molecule has 2 aromatic heterocycles. The highest BCUT2D eigenvalue weighted by Crippen LogP contribution is 2.36. The van der Waals surface area contributed by atoms with Gasteiger partial charge in [0.25, 0.3) is 5.69 Å². The molecule has 4 nitrogen and oxygen atoms in total. The zero-order chi connectivity index (χ0) is 10.8. The molecule has 0 aliphatic carbocycles. The molecule has 0 unspecified atom stereocenters. The number of thiophene rings is 2. The van der Waals surface area contributed by atoms with E-state index in [1.807, 2.05) is 0 Å². The number of hydrogen-bond acceptors (Lipinski definition) is 5. The minimum absolute atomic E-state index is 0.0569. The van der Waals surface area contributed by atoms with Crippen molar-refractivity contribution in [2.75, 3.05) is 0 Å². The van der Waals surface area contributed by atoms with E-state index in [1.54, 1.807) is 16.8 Å². The van der Waals surface area contributed by atoms with Crippen molar-refractivity contribution in [3.05, 3.63) is 37.2 Å². The molecule has 15 heavy (non-hydrogen) atoms. The smallest absolute Gasteiger partial charge is 0.287 e. The molecule has 0 aliphatic rings. The molecular weight excluding hydrogens is 234 g/mol. The summed E-state index contributed by atoms with van der Waals surface area (Å²) in [5.74, 6) is 0. The molecule has 0 atom stereocenters. The van der Waals surface area contributed by atoms with Crippen LogP contribution in [0.2, 0.25) is 0 Å². The second-order valence-electron chi connectivity index (χ2n) is 2.74. The highest BCUT2D eigenvalue weighted by atomic mass is 32.1. The number of nitrogens with zero attached hydrogens (tertiary/aromatic N) is 1. The highest BCUT2D eigenvalue weighted by molar-refractivity contribution is 7.12. The Hall–Kier alpha value is -1.53. The minimum Gasteiger partial charge on any atom is -0.297 e. The van der Waals surface area contributed by atoms with Crippen molar-refractivity contribution in [3.8, 4) is 11.1 Å². The third-order valence-corrected chi connectivity index (χ3v) is 3.50. The zero-order valence-corrected chi connectivity index (χ0v) is 9.01. The van der Waals surface area contributed by atoms with Gasteiger partial charge in [0.1, 0.15) is 0 Å². The average molecular weight is 239 g/mol. The quantitative estimate of drug-likeness (QED) is 0.469. The number of carbonyl (C=O) groups excluding carboxylic acids is 1. The van der Waals surface area contributed by atoms with Crippen LogP contribution in [0.4, 0.5) is 5.69 Å². The summed E-state index contributed by atoms with van der Waals surface area (Å²) >= 11 is 2.54. The molecule has 0 bridgehead atoms. The predicted molar refractivity (Wildman–Crippen MR) is 59.7 cm³/mol. The summed E-state index contributed by atoms with van der Waals surface area (Å²) in [6, 6.07) is 1.73. The van der Waals surface area contributed by atoms with Crippen LogP contribution in [0.5, 0.6) is 0 Å². The van der Waals surface area contributed by atoms with Crippen LogP contribution in [0.25, 0.3) is 11.1 Å². The van der Waals surface area contributed by atoms with Crippen LogP contribution in [0, 0.1) is 10.1 Å². The Kier molecular flexibility index (Phi) is 2.61. The van der Waals surface area contributed by atoms with Gasteiger partial charge in [-0.1, -0.05) is 0 Å². The van der Waals surface area contributed by atoms with Gasteiger partial charge in [-0.05, 0) is 11.4 Å². The molecule has 2 aromatic rings. The van der Waals surface area contributed by atoms with Crippen molar-refractivity contribution in [2.24, 2.45) is 0 Å². The van der Waals surface area contributed by atoms with E-state index in [0.717, 1.165) is 6.29 Å². The summed E-state index contributed by atoms with van der Waals surface area (Å²) in [4.78, 5) is 21.5. The van der Waals surface area contributed by atoms with Gasteiger partial charge in [-0.3, -0.25) is 14.9 Å². The summed E-state index contributed by atoms with van der Waals surface area (Å²) in [7, 11) is 0. The van der Waals surface area contributed by atoms with Crippen LogP contribution in [-0.2, 0) is 0 Å². The molecule has 0 fully saturated rings. The van der Waals surface area contributed by atoms with Crippen LogP contribution >= 0.6 is 22.7 Å².